The van der Waals surface area contributed by atoms with Crippen molar-refractivity contribution in [3.05, 3.63) is 29.8 Å². The van der Waals surface area contributed by atoms with Crippen molar-refractivity contribution >= 4 is 5.97 Å². The number of ether oxygens (including phenoxy) is 1. The van der Waals surface area contributed by atoms with Crippen LogP contribution in [0.15, 0.2) is 24.3 Å². The molecule has 0 heterocycles. The van der Waals surface area contributed by atoms with Crippen molar-refractivity contribution < 1.29 is 19.0 Å². The minimum Gasteiger partial charge on any atom is -0.482 e. The third-order valence-corrected chi connectivity index (χ3v) is 1.88. The lowest BCUT2D eigenvalue weighted by atomic mass is 9.99. The lowest BCUT2D eigenvalue weighted by Gasteiger charge is -2.18. The zero-order chi connectivity index (χ0) is 11.5. The van der Waals surface area contributed by atoms with E-state index >= 15 is 0 Å². The molecule has 0 atom stereocenters. The van der Waals surface area contributed by atoms with Gasteiger partial charge in [0.05, 0.1) is 0 Å². The number of carbonyl (C=O) groups is 1. The number of benzene rings is 1. The molecule has 1 rings (SSSR count). The molecule has 15 heavy (non-hydrogen) atoms. The molecule has 0 saturated carbocycles. The van der Waals surface area contributed by atoms with Crippen LogP contribution in [0.1, 0.15) is 19.4 Å². The summed E-state index contributed by atoms with van der Waals surface area (Å²) in [5.41, 5.74) is -1.19. The van der Waals surface area contributed by atoms with Gasteiger partial charge in [-0.3, -0.25) is 0 Å². The summed E-state index contributed by atoms with van der Waals surface area (Å²) in [5.74, 6) is -0.811. The lowest BCUT2D eigenvalue weighted by Crippen LogP contribution is -2.15. The molecule has 0 saturated heterocycles. The van der Waals surface area contributed by atoms with Crippen LogP contribution in [0.5, 0.6) is 5.75 Å². The Labute approximate surface area is 87.5 Å². The Balaban J connectivity index is 2.92. The summed E-state index contributed by atoms with van der Waals surface area (Å²) in [7, 11) is 0. The van der Waals surface area contributed by atoms with Gasteiger partial charge in [0.15, 0.2) is 6.61 Å². The predicted octanol–water partition coefficient (Wildman–Crippen LogP) is 2.35. The van der Waals surface area contributed by atoms with E-state index in [9.17, 15) is 9.18 Å². The average molecular weight is 212 g/mol. The standard InChI is InChI=1S/C11H13FO3/c1-11(2,12)8-5-3-4-6-9(8)15-7-10(13)14/h3-6H,7H2,1-2H3,(H,13,14). The number of rotatable bonds is 4. The van der Waals surface area contributed by atoms with E-state index in [4.69, 9.17) is 9.84 Å². The van der Waals surface area contributed by atoms with Crippen LogP contribution in [0.4, 0.5) is 4.39 Å². The lowest BCUT2D eigenvalue weighted by molar-refractivity contribution is -0.139. The van der Waals surface area contributed by atoms with Crippen molar-refractivity contribution in [2.45, 2.75) is 19.5 Å². The van der Waals surface area contributed by atoms with Gasteiger partial charge < -0.3 is 9.84 Å². The van der Waals surface area contributed by atoms with Crippen molar-refractivity contribution in [3.8, 4) is 5.75 Å². The molecule has 0 spiro atoms. The van der Waals surface area contributed by atoms with Crippen LogP contribution in [0.25, 0.3) is 0 Å². The molecule has 1 aromatic carbocycles. The molecule has 1 N–H and O–H groups in total. The predicted molar refractivity (Wildman–Crippen MR) is 53.7 cm³/mol. The summed E-state index contributed by atoms with van der Waals surface area (Å²) in [6.07, 6.45) is 0. The number of alkyl halides is 1. The monoisotopic (exact) mass is 212 g/mol. The zero-order valence-electron chi connectivity index (χ0n) is 8.66. The van der Waals surface area contributed by atoms with E-state index in [0.717, 1.165) is 0 Å². The van der Waals surface area contributed by atoms with Crippen LogP contribution in [0.3, 0.4) is 0 Å². The first-order valence-electron chi connectivity index (χ1n) is 4.54. The summed E-state index contributed by atoms with van der Waals surface area (Å²) >= 11 is 0. The van der Waals surface area contributed by atoms with Gasteiger partial charge in [0.1, 0.15) is 11.4 Å². The summed E-state index contributed by atoms with van der Waals surface area (Å²) in [6.45, 7) is 2.33. The number of carboxylic acid groups (broad SMARTS) is 1. The Kier molecular flexibility index (Phi) is 3.29. The molecule has 0 aliphatic heterocycles. The second-order valence-corrected chi connectivity index (χ2v) is 3.65. The Bertz CT molecular complexity index is 355. The summed E-state index contributed by atoms with van der Waals surface area (Å²) in [4.78, 5) is 10.3. The highest BCUT2D eigenvalue weighted by atomic mass is 19.1. The van der Waals surface area contributed by atoms with E-state index < -0.39 is 18.2 Å². The van der Waals surface area contributed by atoms with Crippen LogP contribution < -0.4 is 4.74 Å². The Morgan fingerprint density at radius 2 is 2.07 bits per heavy atom. The normalized spacial score (nSPS) is 11.1. The van der Waals surface area contributed by atoms with Crippen molar-refractivity contribution in [1.82, 2.24) is 0 Å². The Hall–Kier alpha value is -1.58. The van der Waals surface area contributed by atoms with E-state index in [1.165, 1.54) is 13.8 Å². The highest BCUT2D eigenvalue weighted by molar-refractivity contribution is 5.68. The third-order valence-electron chi connectivity index (χ3n) is 1.88. The molecule has 0 amide bonds. The molecule has 0 aliphatic carbocycles. The molecule has 82 valence electrons. The first-order chi connectivity index (χ1) is 6.91. The van der Waals surface area contributed by atoms with E-state index in [1.807, 2.05) is 0 Å². The number of hydrogen-bond acceptors (Lipinski definition) is 2. The van der Waals surface area contributed by atoms with Crippen molar-refractivity contribution in [1.29, 1.82) is 0 Å². The van der Waals surface area contributed by atoms with Gasteiger partial charge in [-0.1, -0.05) is 18.2 Å². The largest absolute Gasteiger partial charge is 0.482 e. The fourth-order valence-corrected chi connectivity index (χ4v) is 1.22. The van der Waals surface area contributed by atoms with Crippen LogP contribution in [-0.4, -0.2) is 17.7 Å². The summed E-state index contributed by atoms with van der Waals surface area (Å²) < 4.78 is 18.7. The van der Waals surface area contributed by atoms with Crippen LogP contribution in [0.2, 0.25) is 0 Å². The molecule has 0 fully saturated rings. The molecule has 0 aliphatic rings. The van der Waals surface area contributed by atoms with Crippen LogP contribution in [0, 0.1) is 0 Å². The molecule has 1 aromatic rings. The van der Waals surface area contributed by atoms with E-state index in [0.29, 0.717) is 5.56 Å². The summed E-state index contributed by atoms with van der Waals surface area (Å²) in [6, 6.07) is 6.49. The van der Waals surface area contributed by atoms with Gasteiger partial charge >= 0.3 is 5.97 Å². The molecular formula is C11H13FO3. The molecule has 0 aromatic heterocycles. The fourth-order valence-electron chi connectivity index (χ4n) is 1.22. The summed E-state index contributed by atoms with van der Waals surface area (Å²) in [5, 5.41) is 8.45. The van der Waals surface area contributed by atoms with Crippen molar-refractivity contribution in [3.63, 3.8) is 0 Å². The highest BCUT2D eigenvalue weighted by Gasteiger charge is 2.23. The second kappa shape index (κ2) is 4.29. The Morgan fingerprint density at radius 1 is 1.47 bits per heavy atom. The number of aliphatic carboxylic acids is 1. The van der Waals surface area contributed by atoms with Gasteiger partial charge in [0.2, 0.25) is 0 Å². The smallest absolute Gasteiger partial charge is 0.341 e. The molecular weight excluding hydrogens is 199 g/mol. The van der Waals surface area contributed by atoms with Gasteiger partial charge in [-0.25, -0.2) is 9.18 Å². The van der Waals surface area contributed by atoms with Gasteiger partial charge in [0.25, 0.3) is 0 Å². The minimum atomic E-state index is -1.55. The third kappa shape index (κ3) is 3.23. The number of hydrogen-bond donors (Lipinski definition) is 1. The van der Waals surface area contributed by atoms with Crippen LogP contribution >= 0.6 is 0 Å². The maximum atomic E-state index is 13.7. The molecule has 0 unspecified atom stereocenters. The number of carboxylic acids is 1. The van der Waals surface area contributed by atoms with Crippen molar-refractivity contribution in [2.75, 3.05) is 6.61 Å². The molecule has 4 heteroatoms. The van der Waals surface area contributed by atoms with E-state index in [-0.39, 0.29) is 5.75 Å². The molecule has 3 nitrogen and oxygen atoms in total. The van der Waals surface area contributed by atoms with Crippen LogP contribution in [-0.2, 0) is 10.5 Å². The average Bonchev–Trinajstić information content (AvgIpc) is 2.13. The maximum absolute atomic E-state index is 13.7. The van der Waals surface area contributed by atoms with E-state index in [1.54, 1.807) is 24.3 Å². The first-order valence-corrected chi connectivity index (χ1v) is 4.54. The number of para-hydroxylation sites is 1. The van der Waals surface area contributed by atoms with Crippen molar-refractivity contribution in [2.24, 2.45) is 0 Å². The number of halogens is 1. The topological polar surface area (TPSA) is 46.5 Å². The zero-order valence-corrected chi connectivity index (χ0v) is 8.66. The fraction of sp³-hybridized carbons (Fsp3) is 0.364. The minimum absolute atomic E-state index is 0.271. The first kappa shape index (κ1) is 11.5. The second-order valence-electron chi connectivity index (χ2n) is 3.65. The highest BCUT2D eigenvalue weighted by Crippen LogP contribution is 2.32. The van der Waals surface area contributed by atoms with E-state index in [2.05, 4.69) is 0 Å². The molecule has 0 bridgehead atoms. The molecule has 0 radical (unpaired) electrons. The van der Waals surface area contributed by atoms with Gasteiger partial charge in [-0.05, 0) is 19.9 Å². The SMILES string of the molecule is CC(C)(F)c1ccccc1OCC(=O)O. The maximum Gasteiger partial charge on any atom is 0.341 e. The Morgan fingerprint density at radius 3 is 2.60 bits per heavy atom. The van der Waals surface area contributed by atoms with Gasteiger partial charge in [0, 0.05) is 5.56 Å². The van der Waals surface area contributed by atoms with Gasteiger partial charge in [-0.2, -0.15) is 0 Å². The quantitative estimate of drug-likeness (QED) is 0.833. The van der Waals surface area contributed by atoms with Gasteiger partial charge in [-0.15, -0.1) is 0 Å².